The van der Waals surface area contributed by atoms with Crippen LogP contribution >= 0.6 is 0 Å². The fourth-order valence-electron chi connectivity index (χ4n) is 1.75. The van der Waals surface area contributed by atoms with E-state index in [0.717, 1.165) is 0 Å². The van der Waals surface area contributed by atoms with E-state index in [2.05, 4.69) is 15.1 Å². The van der Waals surface area contributed by atoms with Crippen molar-refractivity contribution in [3.8, 4) is 5.82 Å². The molecule has 0 bridgehead atoms. The Kier molecular flexibility index (Phi) is 2.26. The number of nitrogens with zero attached hydrogens (tertiary/aromatic N) is 4. The van der Waals surface area contributed by atoms with Crippen molar-refractivity contribution in [2.45, 2.75) is 0 Å². The molecule has 3 aromatic heterocycles. The van der Waals surface area contributed by atoms with Crippen molar-refractivity contribution in [3.05, 3.63) is 48.4 Å². The molecule has 0 aliphatic rings. The van der Waals surface area contributed by atoms with Crippen LogP contribution in [0.15, 0.2) is 42.7 Å². The number of hydrogen-bond donors (Lipinski definition) is 1. The van der Waals surface area contributed by atoms with Gasteiger partial charge in [0.2, 0.25) is 0 Å². The third-order valence-corrected chi connectivity index (χ3v) is 2.51. The second-order valence-corrected chi connectivity index (χ2v) is 3.63. The molecule has 0 aromatic carbocycles. The van der Waals surface area contributed by atoms with Crippen LogP contribution in [0, 0.1) is 0 Å². The molecule has 0 amide bonds. The summed E-state index contributed by atoms with van der Waals surface area (Å²) in [5.74, 6) is -0.545. The van der Waals surface area contributed by atoms with E-state index in [1.54, 1.807) is 42.7 Å². The van der Waals surface area contributed by atoms with Crippen molar-refractivity contribution in [2.75, 3.05) is 0 Å². The van der Waals surface area contributed by atoms with Crippen molar-refractivity contribution in [1.29, 1.82) is 0 Å². The molecule has 3 aromatic rings. The molecule has 0 atom stereocenters. The summed E-state index contributed by atoms with van der Waals surface area (Å²) in [6.45, 7) is 0. The SMILES string of the molecule is O=C(O)c1nn(-c2ccccn2)c2ncccc12. The Morgan fingerprint density at radius 3 is 2.67 bits per heavy atom. The average Bonchev–Trinajstić information content (AvgIpc) is 2.79. The summed E-state index contributed by atoms with van der Waals surface area (Å²) >= 11 is 0. The van der Waals surface area contributed by atoms with E-state index >= 15 is 0 Å². The summed E-state index contributed by atoms with van der Waals surface area (Å²) < 4.78 is 1.43. The monoisotopic (exact) mass is 240 g/mol. The zero-order chi connectivity index (χ0) is 12.5. The number of pyridine rings is 2. The molecule has 6 nitrogen and oxygen atoms in total. The Labute approximate surface area is 102 Å². The largest absolute Gasteiger partial charge is 0.476 e. The quantitative estimate of drug-likeness (QED) is 0.734. The molecule has 0 aliphatic heterocycles. The molecule has 0 unspecified atom stereocenters. The summed E-state index contributed by atoms with van der Waals surface area (Å²) in [6.07, 6.45) is 3.21. The van der Waals surface area contributed by atoms with Gasteiger partial charge in [0.25, 0.3) is 0 Å². The first-order valence-electron chi connectivity index (χ1n) is 5.26. The maximum absolute atomic E-state index is 11.1. The van der Waals surface area contributed by atoms with E-state index in [1.807, 2.05) is 0 Å². The maximum atomic E-state index is 11.1. The van der Waals surface area contributed by atoms with Crippen molar-refractivity contribution in [1.82, 2.24) is 19.7 Å². The van der Waals surface area contributed by atoms with E-state index in [1.165, 1.54) is 4.68 Å². The van der Waals surface area contributed by atoms with Crippen molar-refractivity contribution >= 4 is 17.0 Å². The Morgan fingerprint density at radius 2 is 1.94 bits per heavy atom. The van der Waals surface area contributed by atoms with Gasteiger partial charge in [-0.3, -0.25) is 0 Å². The van der Waals surface area contributed by atoms with Gasteiger partial charge in [-0.15, -0.1) is 0 Å². The highest BCUT2D eigenvalue weighted by molar-refractivity contribution is 6.00. The summed E-state index contributed by atoms with van der Waals surface area (Å²) in [5.41, 5.74) is 0.456. The minimum absolute atomic E-state index is 0.0243. The molecule has 1 N–H and O–H groups in total. The molecular weight excluding hydrogens is 232 g/mol. The molecule has 6 heteroatoms. The van der Waals surface area contributed by atoms with Crippen LogP contribution in [-0.4, -0.2) is 30.8 Å². The van der Waals surface area contributed by atoms with Crippen LogP contribution in [0.2, 0.25) is 0 Å². The molecule has 0 spiro atoms. The van der Waals surface area contributed by atoms with Gasteiger partial charge < -0.3 is 5.11 Å². The Balaban J connectivity index is 2.34. The molecule has 0 aliphatic carbocycles. The van der Waals surface area contributed by atoms with Gasteiger partial charge in [-0.25, -0.2) is 14.8 Å². The predicted octanol–water partition coefficient (Wildman–Crippen LogP) is 1.51. The molecule has 0 radical (unpaired) electrons. The van der Waals surface area contributed by atoms with Crippen LogP contribution in [0.5, 0.6) is 0 Å². The molecular formula is C12H8N4O2. The van der Waals surface area contributed by atoms with Crippen LogP contribution in [0.25, 0.3) is 16.9 Å². The molecule has 0 saturated carbocycles. The number of aromatic carboxylic acids is 1. The third-order valence-electron chi connectivity index (χ3n) is 2.51. The Morgan fingerprint density at radius 1 is 1.11 bits per heavy atom. The van der Waals surface area contributed by atoms with Gasteiger partial charge in [-0.1, -0.05) is 6.07 Å². The minimum atomic E-state index is -1.08. The number of carbonyl (C=O) groups is 1. The molecule has 0 fully saturated rings. The summed E-state index contributed by atoms with van der Waals surface area (Å²) in [6, 6.07) is 8.68. The predicted molar refractivity (Wildman–Crippen MR) is 63.6 cm³/mol. The zero-order valence-corrected chi connectivity index (χ0v) is 9.19. The number of fused-ring (bicyclic) bond motifs is 1. The lowest BCUT2D eigenvalue weighted by atomic mass is 10.3. The smallest absolute Gasteiger partial charge is 0.357 e. The lowest BCUT2D eigenvalue weighted by Crippen LogP contribution is -2.02. The number of rotatable bonds is 2. The van der Waals surface area contributed by atoms with Crippen molar-refractivity contribution in [2.24, 2.45) is 0 Å². The van der Waals surface area contributed by atoms with E-state index < -0.39 is 5.97 Å². The number of carboxylic acid groups (broad SMARTS) is 1. The highest BCUT2D eigenvalue weighted by Gasteiger charge is 2.17. The second kappa shape index (κ2) is 3.92. The third kappa shape index (κ3) is 1.51. The highest BCUT2D eigenvalue weighted by atomic mass is 16.4. The lowest BCUT2D eigenvalue weighted by Gasteiger charge is -1.99. The fourth-order valence-corrected chi connectivity index (χ4v) is 1.75. The first-order chi connectivity index (χ1) is 8.77. The first-order valence-corrected chi connectivity index (χ1v) is 5.26. The van der Waals surface area contributed by atoms with E-state index in [-0.39, 0.29) is 5.69 Å². The van der Waals surface area contributed by atoms with Crippen molar-refractivity contribution in [3.63, 3.8) is 0 Å². The van der Waals surface area contributed by atoms with E-state index in [0.29, 0.717) is 16.9 Å². The molecule has 0 saturated heterocycles. The summed E-state index contributed by atoms with van der Waals surface area (Å²) in [7, 11) is 0. The van der Waals surface area contributed by atoms with Gasteiger partial charge in [-0.2, -0.15) is 9.78 Å². The van der Waals surface area contributed by atoms with Gasteiger partial charge in [-0.05, 0) is 24.3 Å². The van der Waals surface area contributed by atoms with Gasteiger partial charge in [0, 0.05) is 12.4 Å². The molecule has 18 heavy (non-hydrogen) atoms. The van der Waals surface area contributed by atoms with Crippen molar-refractivity contribution < 1.29 is 9.90 Å². The maximum Gasteiger partial charge on any atom is 0.357 e. The van der Waals surface area contributed by atoms with Gasteiger partial charge >= 0.3 is 5.97 Å². The van der Waals surface area contributed by atoms with E-state index in [9.17, 15) is 4.79 Å². The number of hydrogen-bond acceptors (Lipinski definition) is 4. The average molecular weight is 240 g/mol. The van der Waals surface area contributed by atoms with Gasteiger partial charge in [0.05, 0.1) is 5.39 Å². The van der Waals surface area contributed by atoms with Crippen LogP contribution < -0.4 is 0 Å². The van der Waals surface area contributed by atoms with Gasteiger partial charge in [0.15, 0.2) is 17.2 Å². The number of carboxylic acids is 1. The zero-order valence-electron chi connectivity index (χ0n) is 9.19. The second-order valence-electron chi connectivity index (χ2n) is 3.63. The number of aromatic nitrogens is 4. The lowest BCUT2D eigenvalue weighted by molar-refractivity contribution is 0.0692. The van der Waals surface area contributed by atoms with Gasteiger partial charge in [0.1, 0.15) is 0 Å². The Hall–Kier alpha value is -2.76. The normalized spacial score (nSPS) is 10.7. The fraction of sp³-hybridized carbons (Fsp3) is 0. The first kappa shape index (κ1) is 10.4. The molecule has 88 valence electrons. The van der Waals surface area contributed by atoms with Crippen LogP contribution in [0.4, 0.5) is 0 Å². The molecule has 3 rings (SSSR count). The van der Waals surface area contributed by atoms with Crippen LogP contribution in [0.3, 0.4) is 0 Å². The minimum Gasteiger partial charge on any atom is -0.476 e. The van der Waals surface area contributed by atoms with Crippen LogP contribution in [0.1, 0.15) is 10.5 Å². The standard InChI is InChI=1S/C12H8N4O2/c17-12(18)10-8-4-3-7-14-11(8)16(15-10)9-5-1-2-6-13-9/h1-7H,(H,17,18). The van der Waals surface area contributed by atoms with Crippen LogP contribution in [-0.2, 0) is 0 Å². The van der Waals surface area contributed by atoms with E-state index in [4.69, 9.17) is 5.11 Å². The topological polar surface area (TPSA) is 80.9 Å². The Bertz CT molecular complexity index is 721. The highest BCUT2D eigenvalue weighted by Crippen LogP contribution is 2.18. The molecule has 3 heterocycles. The summed E-state index contributed by atoms with van der Waals surface area (Å²) in [5, 5.41) is 13.7. The summed E-state index contributed by atoms with van der Waals surface area (Å²) in [4.78, 5) is 19.4.